The molecular weight excluding hydrogens is 458 g/mol. The Morgan fingerprint density at radius 3 is 2.82 bits per heavy atom. The van der Waals surface area contributed by atoms with Crippen LogP contribution in [0.2, 0.25) is 0 Å². The number of hydrogen-bond donors (Lipinski definition) is 1. The van der Waals surface area contributed by atoms with Crippen molar-refractivity contribution in [3.8, 4) is 0 Å². The van der Waals surface area contributed by atoms with Crippen molar-refractivity contribution >= 4 is 57.2 Å². The Morgan fingerprint density at radius 2 is 2.00 bits per heavy atom. The highest BCUT2D eigenvalue weighted by Gasteiger charge is 2.19. The van der Waals surface area contributed by atoms with Gasteiger partial charge >= 0.3 is 0 Å². The lowest BCUT2D eigenvalue weighted by Gasteiger charge is -2.11. The Labute approximate surface area is 197 Å². The molecule has 166 valence electrons. The molecule has 0 atom stereocenters. The predicted molar refractivity (Wildman–Crippen MR) is 131 cm³/mol. The highest BCUT2D eigenvalue weighted by molar-refractivity contribution is 7.99. The van der Waals surface area contributed by atoms with Crippen molar-refractivity contribution in [1.29, 1.82) is 0 Å². The van der Waals surface area contributed by atoms with Crippen LogP contribution in [0.5, 0.6) is 0 Å². The summed E-state index contributed by atoms with van der Waals surface area (Å²) in [5.41, 5.74) is 1.68. The van der Waals surface area contributed by atoms with Gasteiger partial charge in [-0.15, -0.1) is 11.8 Å². The molecule has 2 aromatic carbocycles. The average Bonchev–Trinajstić information content (AvgIpc) is 3.48. The van der Waals surface area contributed by atoms with Crippen LogP contribution in [0.25, 0.3) is 22.1 Å². The number of fused-ring (bicyclic) bond motifs is 3. The van der Waals surface area contributed by atoms with Crippen LogP contribution >= 0.6 is 23.5 Å². The Morgan fingerprint density at radius 1 is 1.12 bits per heavy atom. The number of aromatic nitrogens is 2. The van der Waals surface area contributed by atoms with Crippen molar-refractivity contribution in [2.75, 3.05) is 17.3 Å². The maximum Gasteiger partial charge on any atom is 0.298 e. The molecule has 0 saturated heterocycles. The molecule has 0 bridgehead atoms. The molecule has 7 nitrogen and oxygen atoms in total. The van der Waals surface area contributed by atoms with E-state index >= 15 is 0 Å². The van der Waals surface area contributed by atoms with Crippen LogP contribution in [0.4, 0.5) is 5.69 Å². The second-order valence-electron chi connectivity index (χ2n) is 7.21. The number of hydrogen-bond acceptors (Lipinski definition) is 7. The molecule has 5 aromatic rings. The van der Waals surface area contributed by atoms with Gasteiger partial charge in [0, 0.05) is 16.0 Å². The standard InChI is InChI=1S/C24H19N3O4S2/c1-32-17-8-4-6-15(12-17)25-20(28)14-33-24-26-21-18-9-2-3-10-19(18)31-22(21)23(29)27(24)13-16-7-5-11-30-16/h2-12H,13-14H2,1H3,(H,25,28). The van der Waals surface area contributed by atoms with Crippen LogP contribution in [0.1, 0.15) is 5.76 Å². The van der Waals surface area contributed by atoms with Crippen molar-refractivity contribution in [3.63, 3.8) is 0 Å². The van der Waals surface area contributed by atoms with E-state index in [4.69, 9.17) is 13.8 Å². The third-order valence-electron chi connectivity index (χ3n) is 5.03. The number of furan rings is 2. The molecule has 0 unspecified atom stereocenters. The summed E-state index contributed by atoms with van der Waals surface area (Å²) in [4.78, 5) is 31.7. The lowest BCUT2D eigenvalue weighted by atomic mass is 10.2. The normalized spacial score (nSPS) is 11.3. The van der Waals surface area contributed by atoms with E-state index in [-0.39, 0.29) is 29.3 Å². The first kappa shape index (κ1) is 21.4. The van der Waals surface area contributed by atoms with E-state index in [0.29, 0.717) is 22.0 Å². The highest BCUT2D eigenvalue weighted by Crippen LogP contribution is 2.28. The molecule has 0 aliphatic rings. The largest absolute Gasteiger partial charge is 0.467 e. The molecule has 9 heteroatoms. The lowest BCUT2D eigenvalue weighted by Crippen LogP contribution is -2.24. The number of thioether (sulfide) groups is 2. The summed E-state index contributed by atoms with van der Waals surface area (Å²) >= 11 is 2.80. The van der Waals surface area contributed by atoms with E-state index in [0.717, 1.165) is 16.0 Å². The molecule has 33 heavy (non-hydrogen) atoms. The van der Waals surface area contributed by atoms with E-state index in [1.807, 2.05) is 48.7 Å². The number of anilines is 1. The minimum absolute atomic E-state index is 0.0926. The number of nitrogens with zero attached hydrogens (tertiary/aromatic N) is 2. The van der Waals surface area contributed by atoms with Crippen molar-refractivity contribution in [1.82, 2.24) is 9.55 Å². The summed E-state index contributed by atoms with van der Waals surface area (Å²) in [7, 11) is 0. The predicted octanol–water partition coefficient (Wildman–Crippen LogP) is 5.24. The summed E-state index contributed by atoms with van der Waals surface area (Å²) < 4.78 is 12.7. The number of rotatable bonds is 7. The third kappa shape index (κ3) is 4.42. The molecule has 3 heterocycles. The fourth-order valence-corrected chi connectivity index (χ4v) is 4.74. The first-order valence-corrected chi connectivity index (χ1v) is 12.3. The first-order chi connectivity index (χ1) is 16.1. The molecule has 0 fully saturated rings. The van der Waals surface area contributed by atoms with E-state index in [1.165, 1.54) is 16.3 Å². The van der Waals surface area contributed by atoms with Gasteiger partial charge in [-0.2, -0.15) is 0 Å². The van der Waals surface area contributed by atoms with Gasteiger partial charge in [-0.3, -0.25) is 14.2 Å². The zero-order valence-electron chi connectivity index (χ0n) is 17.6. The number of benzene rings is 2. The number of amides is 1. The second-order valence-corrected chi connectivity index (χ2v) is 9.03. The van der Waals surface area contributed by atoms with Crippen molar-refractivity contribution in [3.05, 3.63) is 83.0 Å². The maximum absolute atomic E-state index is 13.3. The summed E-state index contributed by atoms with van der Waals surface area (Å²) in [6, 6.07) is 18.6. The van der Waals surface area contributed by atoms with Gasteiger partial charge in [0.1, 0.15) is 16.9 Å². The SMILES string of the molecule is CSc1cccc(NC(=O)CSc2nc3c(oc4ccccc43)c(=O)n2Cc2ccco2)c1. The molecular formula is C24H19N3O4S2. The maximum atomic E-state index is 13.3. The van der Waals surface area contributed by atoms with Gasteiger partial charge in [-0.1, -0.05) is 30.0 Å². The summed E-state index contributed by atoms with van der Waals surface area (Å²) in [5.74, 6) is 0.513. The fourth-order valence-electron chi connectivity index (χ4n) is 3.49. The quantitative estimate of drug-likeness (QED) is 0.253. The molecule has 0 aliphatic heterocycles. The van der Waals surface area contributed by atoms with Gasteiger partial charge in [-0.05, 0) is 48.7 Å². The Hall–Kier alpha value is -3.43. The van der Waals surface area contributed by atoms with Gasteiger partial charge < -0.3 is 14.2 Å². The van der Waals surface area contributed by atoms with Gasteiger partial charge in [0.25, 0.3) is 5.56 Å². The number of para-hydroxylation sites is 1. The minimum atomic E-state index is -0.317. The summed E-state index contributed by atoms with van der Waals surface area (Å²) in [5, 5.41) is 4.08. The molecule has 3 aromatic heterocycles. The zero-order chi connectivity index (χ0) is 22.8. The van der Waals surface area contributed by atoms with E-state index in [1.54, 1.807) is 36.2 Å². The van der Waals surface area contributed by atoms with Crippen molar-refractivity contribution in [2.24, 2.45) is 0 Å². The first-order valence-electron chi connectivity index (χ1n) is 10.1. The number of carbonyl (C=O) groups excluding carboxylic acids is 1. The van der Waals surface area contributed by atoms with Crippen LogP contribution < -0.4 is 10.9 Å². The molecule has 0 aliphatic carbocycles. The zero-order valence-corrected chi connectivity index (χ0v) is 19.2. The molecule has 1 amide bonds. The van der Waals surface area contributed by atoms with E-state index < -0.39 is 0 Å². The van der Waals surface area contributed by atoms with Crippen LogP contribution in [0.15, 0.2) is 90.6 Å². The Kier molecular flexibility index (Phi) is 5.97. The van der Waals surface area contributed by atoms with Gasteiger partial charge in [0.05, 0.1) is 18.6 Å². The average molecular weight is 478 g/mol. The van der Waals surface area contributed by atoms with Crippen molar-refractivity contribution < 1.29 is 13.6 Å². The fraction of sp³-hybridized carbons (Fsp3) is 0.125. The Balaban J connectivity index is 1.47. The van der Waals surface area contributed by atoms with E-state index in [2.05, 4.69) is 5.32 Å². The molecule has 5 rings (SSSR count). The molecule has 1 N–H and O–H groups in total. The monoisotopic (exact) mass is 477 g/mol. The second kappa shape index (κ2) is 9.21. The van der Waals surface area contributed by atoms with Gasteiger partial charge in [0.2, 0.25) is 11.5 Å². The van der Waals surface area contributed by atoms with Gasteiger partial charge in [-0.25, -0.2) is 4.98 Å². The number of nitrogens with one attached hydrogen (secondary N) is 1. The smallest absolute Gasteiger partial charge is 0.298 e. The van der Waals surface area contributed by atoms with Crippen LogP contribution in [-0.4, -0.2) is 27.5 Å². The van der Waals surface area contributed by atoms with Crippen LogP contribution in [-0.2, 0) is 11.3 Å². The van der Waals surface area contributed by atoms with Crippen LogP contribution in [0.3, 0.4) is 0 Å². The van der Waals surface area contributed by atoms with Crippen molar-refractivity contribution in [2.45, 2.75) is 16.6 Å². The van der Waals surface area contributed by atoms with E-state index in [9.17, 15) is 9.59 Å². The summed E-state index contributed by atoms with van der Waals surface area (Å²) in [6.45, 7) is 0.186. The highest BCUT2D eigenvalue weighted by atomic mass is 32.2. The third-order valence-corrected chi connectivity index (χ3v) is 6.73. The Bertz CT molecular complexity index is 1510. The lowest BCUT2D eigenvalue weighted by molar-refractivity contribution is -0.113. The topological polar surface area (TPSA) is 90.3 Å². The molecule has 0 radical (unpaired) electrons. The number of carbonyl (C=O) groups is 1. The molecule has 0 saturated carbocycles. The minimum Gasteiger partial charge on any atom is -0.467 e. The molecule has 0 spiro atoms. The van der Waals surface area contributed by atoms with Crippen LogP contribution in [0, 0.1) is 0 Å². The van der Waals surface area contributed by atoms with Gasteiger partial charge in [0.15, 0.2) is 5.16 Å². The summed E-state index contributed by atoms with van der Waals surface area (Å²) in [6.07, 6.45) is 3.53.